The third-order valence-corrected chi connectivity index (χ3v) is 6.85. The summed E-state index contributed by atoms with van der Waals surface area (Å²) in [7, 11) is 0. The maximum Gasteiger partial charge on any atom is 0.416 e. The van der Waals surface area contributed by atoms with Crippen molar-refractivity contribution in [1.29, 1.82) is 0 Å². The van der Waals surface area contributed by atoms with Gasteiger partial charge in [0.15, 0.2) is 0 Å². The van der Waals surface area contributed by atoms with Gasteiger partial charge in [0.25, 0.3) is 5.91 Å². The molecule has 0 spiro atoms. The molecule has 0 fully saturated rings. The molecule has 0 saturated heterocycles. The van der Waals surface area contributed by atoms with Crippen LogP contribution in [0.5, 0.6) is 0 Å². The number of esters is 1. The number of carbonyl (C=O) groups excluding carboxylic acids is 3. The van der Waals surface area contributed by atoms with Gasteiger partial charge in [0.1, 0.15) is 0 Å². The van der Waals surface area contributed by atoms with Gasteiger partial charge >= 0.3 is 18.1 Å². The van der Waals surface area contributed by atoms with Gasteiger partial charge in [-0.1, -0.05) is 89.0 Å². The molecule has 0 aliphatic rings. The molecule has 0 aliphatic carbocycles. The zero-order valence-corrected chi connectivity index (χ0v) is 24.2. The van der Waals surface area contributed by atoms with E-state index in [1.54, 1.807) is 31.2 Å². The lowest BCUT2D eigenvalue weighted by atomic mass is 9.96. The average Bonchev–Trinajstić information content (AvgIpc) is 2.95. The Morgan fingerprint density at radius 2 is 1.44 bits per heavy atom. The number of hydrogen-bond donors (Lipinski definition) is 2. The second kappa shape index (κ2) is 18.1. The van der Waals surface area contributed by atoms with E-state index in [0.29, 0.717) is 17.7 Å². The number of hydrogen-bond acceptors (Lipinski definition) is 4. The number of halogens is 3. The molecular formula is C32H43F3N2O4. The third kappa shape index (κ3) is 12.8. The Bertz CT molecular complexity index is 1090. The van der Waals surface area contributed by atoms with E-state index in [1.165, 1.54) is 57.1 Å². The minimum atomic E-state index is -4.56. The molecule has 1 atom stereocenters. The Morgan fingerprint density at radius 3 is 2.02 bits per heavy atom. The van der Waals surface area contributed by atoms with Crippen LogP contribution in [0, 0.1) is 0 Å². The number of unbranched alkanes of at least 4 members (excludes halogenated alkanes) is 9. The molecule has 41 heavy (non-hydrogen) atoms. The second-order valence-electron chi connectivity index (χ2n) is 10.2. The van der Waals surface area contributed by atoms with E-state index < -0.39 is 29.7 Å². The highest BCUT2D eigenvalue weighted by atomic mass is 19.4. The molecule has 0 saturated carbocycles. The molecule has 0 radical (unpaired) electrons. The summed E-state index contributed by atoms with van der Waals surface area (Å²) in [6.45, 7) is 4.35. The lowest BCUT2D eigenvalue weighted by Gasteiger charge is -2.20. The Kier molecular flexibility index (Phi) is 15.0. The smallest absolute Gasteiger partial charge is 0.416 e. The number of ether oxygens (including phenoxy) is 1. The number of rotatable bonds is 17. The molecule has 2 rings (SSSR count). The SMILES string of the molecule is CCCCCCCCCCCCNC(=O)c1ccc(CC(NC(=O)C(=O)OCC)c2cccc(C(F)(F)F)c2)cc1. The van der Waals surface area contributed by atoms with Crippen molar-refractivity contribution in [3.05, 3.63) is 70.8 Å². The van der Waals surface area contributed by atoms with Gasteiger partial charge in [-0.15, -0.1) is 0 Å². The Labute approximate surface area is 241 Å². The van der Waals surface area contributed by atoms with E-state index in [0.717, 1.165) is 31.4 Å². The predicted molar refractivity (Wildman–Crippen MR) is 153 cm³/mol. The van der Waals surface area contributed by atoms with E-state index in [4.69, 9.17) is 4.74 Å². The summed E-state index contributed by atoms with van der Waals surface area (Å²) in [5, 5.41) is 5.41. The third-order valence-electron chi connectivity index (χ3n) is 6.85. The molecule has 0 heterocycles. The van der Waals surface area contributed by atoms with E-state index >= 15 is 0 Å². The first-order chi connectivity index (χ1) is 19.7. The van der Waals surface area contributed by atoms with Crippen LogP contribution < -0.4 is 10.6 Å². The summed E-state index contributed by atoms with van der Waals surface area (Å²) in [6.07, 6.45) is 7.71. The zero-order valence-electron chi connectivity index (χ0n) is 24.2. The Hall–Kier alpha value is -3.36. The summed E-state index contributed by atoms with van der Waals surface area (Å²) in [6, 6.07) is 10.3. The van der Waals surface area contributed by atoms with Crippen LogP contribution >= 0.6 is 0 Å². The van der Waals surface area contributed by atoms with Crippen molar-refractivity contribution < 1.29 is 32.3 Å². The number of carbonyl (C=O) groups is 3. The quantitative estimate of drug-likeness (QED) is 0.117. The average molecular weight is 577 g/mol. The summed E-state index contributed by atoms with van der Waals surface area (Å²) >= 11 is 0. The van der Waals surface area contributed by atoms with Gasteiger partial charge in [0, 0.05) is 12.1 Å². The number of alkyl halides is 3. The van der Waals surface area contributed by atoms with Crippen molar-refractivity contribution in [1.82, 2.24) is 10.6 Å². The van der Waals surface area contributed by atoms with E-state index in [2.05, 4.69) is 17.6 Å². The lowest BCUT2D eigenvalue weighted by molar-refractivity contribution is -0.154. The largest absolute Gasteiger partial charge is 0.459 e. The summed E-state index contributed by atoms with van der Waals surface area (Å²) in [4.78, 5) is 36.7. The molecule has 2 aromatic rings. The van der Waals surface area contributed by atoms with Crippen LogP contribution in [0.1, 0.15) is 111 Å². The molecule has 2 N–H and O–H groups in total. The Balaban J connectivity index is 1.91. The van der Waals surface area contributed by atoms with Crippen LogP contribution in [0.2, 0.25) is 0 Å². The molecule has 2 aromatic carbocycles. The first kappa shape index (κ1) is 33.8. The van der Waals surface area contributed by atoms with Crippen LogP contribution in [0.25, 0.3) is 0 Å². The van der Waals surface area contributed by atoms with Gasteiger partial charge in [-0.3, -0.25) is 9.59 Å². The van der Waals surface area contributed by atoms with Crippen molar-refractivity contribution in [3.63, 3.8) is 0 Å². The number of benzene rings is 2. The first-order valence-corrected chi connectivity index (χ1v) is 14.7. The fourth-order valence-electron chi connectivity index (χ4n) is 4.54. The van der Waals surface area contributed by atoms with Gasteiger partial charge in [0.2, 0.25) is 0 Å². The molecule has 226 valence electrons. The maximum absolute atomic E-state index is 13.3. The highest BCUT2D eigenvalue weighted by molar-refractivity contribution is 6.32. The van der Waals surface area contributed by atoms with Crippen molar-refractivity contribution in [2.45, 2.75) is 96.7 Å². The van der Waals surface area contributed by atoms with Crippen molar-refractivity contribution in [2.75, 3.05) is 13.2 Å². The van der Waals surface area contributed by atoms with Crippen LogP contribution in [0.4, 0.5) is 13.2 Å². The molecule has 0 bridgehead atoms. The van der Waals surface area contributed by atoms with Gasteiger partial charge < -0.3 is 15.4 Å². The lowest BCUT2D eigenvalue weighted by Crippen LogP contribution is -2.36. The van der Waals surface area contributed by atoms with E-state index in [9.17, 15) is 27.6 Å². The first-order valence-electron chi connectivity index (χ1n) is 14.7. The van der Waals surface area contributed by atoms with Crippen LogP contribution in [0.3, 0.4) is 0 Å². The van der Waals surface area contributed by atoms with Gasteiger partial charge in [-0.05, 0) is 55.2 Å². The molecule has 0 aliphatic heterocycles. The standard InChI is InChI=1S/C32H43F3N2O4/c1-3-5-6-7-8-9-10-11-12-13-21-36-29(38)25-19-17-24(18-20-25)22-28(37-30(39)31(40)41-4-2)26-15-14-16-27(23-26)32(33,34)35/h14-20,23,28H,3-13,21-22H2,1-2H3,(H,36,38)(H,37,39). The van der Waals surface area contributed by atoms with E-state index in [-0.39, 0.29) is 24.5 Å². The summed E-state index contributed by atoms with van der Waals surface area (Å²) in [5.41, 5.74) is 0.463. The topological polar surface area (TPSA) is 84.5 Å². The molecule has 9 heteroatoms. The minimum absolute atomic E-state index is 0.0107. The predicted octanol–water partition coefficient (Wildman–Crippen LogP) is 7.32. The van der Waals surface area contributed by atoms with Crippen molar-refractivity contribution in [2.24, 2.45) is 0 Å². The van der Waals surface area contributed by atoms with Gasteiger partial charge in [0.05, 0.1) is 18.2 Å². The number of nitrogens with one attached hydrogen (secondary N) is 2. The molecular weight excluding hydrogens is 533 g/mol. The van der Waals surface area contributed by atoms with Gasteiger partial charge in [-0.25, -0.2) is 4.79 Å². The summed E-state index contributed by atoms with van der Waals surface area (Å²) < 4.78 is 44.6. The van der Waals surface area contributed by atoms with Crippen molar-refractivity contribution >= 4 is 17.8 Å². The molecule has 0 aromatic heterocycles. The molecule has 1 unspecified atom stereocenters. The minimum Gasteiger partial charge on any atom is -0.459 e. The summed E-state index contributed by atoms with van der Waals surface area (Å²) in [5.74, 6) is -2.35. The van der Waals surface area contributed by atoms with Crippen LogP contribution in [0.15, 0.2) is 48.5 Å². The fraction of sp³-hybridized carbons (Fsp3) is 0.531. The number of amides is 2. The monoisotopic (exact) mass is 576 g/mol. The van der Waals surface area contributed by atoms with Crippen molar-refractivity contribution in [3.8, 4) is 0 Å². The maximum atomic E-state index is 13.3. The van der Waals surface area contributed by atoms with Gasteiger partial charge in [-0.2, -0.15) is 13.2 Å². The normalized spacial score (nSPS) is 12.0. The molecule has 6 nitrogen and oxygen atoms in total. The van der Waals surface area contributed by atoms with Crippen LogP contribution in [-0.4, -0.2) is 30.9 Å². The highest BCUT2D eigenvalue weighted by Crippen LogP contribution is 2.31. The van der Waals surface area contributed by atoms with Crippen LogP contribution in [-0.2, 0) is 26.9 Å². The fourth-order valence-corrected chi connectivity index (χ4v) is 4.54. The highest BCUT2D eigenvalue weighted by Gasteiger charge is 2.31. The van der Waals surface area contributed by atoms with E-state index in [1.807, 2.05) is 0 Å². The second-order valence-corrected chi connectivity index (χ2v) is 10.2. The Morgan fingerprint density at radius 1 is 0.829 bits per heavy atom. The molecule has 2 amide bonds. The zero-order chi connectivity index (χ0) is 30.1.